The van der Waals surface area contributed by atoms with Crippen LogP contribution >= 0.6 is 0 Å². The Morgan fingerprint density at radius 1 is 1.31 bits per heavy atom. The molecule has 1 fully saturated rings. The van der Waals surface area contributed by atoms with E-state index in [1.165, 1.54) is 30.8 Å². The van der Waals surface area contributed by atoms with Gasteiger partial charge < -0.3 is 9.30 Å². The van der Waals surface area contributed by atoms with Crippen molar-refractivity contribution in [2.75, 3.05) is 13.2 Å². The van der Waals surface area contributed by atoms with Crippen LogP contribution in [0.2, 0.25) is 0 Å². The zero-order chi connectivity index (χ0) is 11.0. The molecule has 0 N–H and O–H groups in total. The Labute approximate surface area is 96.8 Å². The van der Waals surface area contributed by atoms with Gasteiger partial charge in [-0.25, -0.2) is 4.98 Å². The van der Waals surface area contributed by atoms with Crippen LogP contribution in [-0.2, 0) is 11.2 Å². The number of hydrogen-bond acceptors (Lipinski definition) is 2. The molecule has 0 bridgehead atoms. The number of ether oxygens (including phenoxy) is 1. The molecule has 1 aromatic rings. The number of aromatic nitrogens is 2. The molecule has 0 radical (unpaired) electrons. The fourth-order valence-electron chi connectivity index (χ4n) is 3.07. The maximum absolute atomic E-state index is 5.43. The topological polar surface area (TPSA) is 27.1 Å². The Balaban J connectivity index is 1.91. The lowest BCUT2D eigenvalue weighted by Crippen LogP contribution is -2.22. The first-order valence-electron chi connectivity index (χ1n) is 6.50. The molecule has 1 aromatic heterocycles. The first-order chi connectivity index (χ1) is 7.86. The summed E-state index contributed by atoms with van der Waals surface area (Å²) in [5.74, 6) is 1.95. The molecular weight excluding hydrogens is 200 g/mol. The smallest absolute Gasteiger partial charge is 0.112 e. The Hall–Kier alpha value is -0.830. The van der Waals surface area contributed by atoms with Gasteiger partial charge in [0.15, 0.2) is 0 Å². The third-order valence-corrected chi connectivity index (χ3v) is 3.98. The van der Waals surface area contributed by atoms with Gasteiger partial charge in [0.25, 0.3) is 0 Å². The largest absolute Gasteiger partial charge is 0.381 e. The van der Waals surface area contributed by atoms with Crippen molar-refractivity contribution in [2.24, 2.45) is 0 Å². The van der Waals surface area contributed by atoms with Gasteiger partial charge in [0.05, 0.1) is 0 Å². The summed E-state index contributed by atoms with van der Waals surface area (Å²) in [6.07, 6.45) is 8.22. The van der Waals surface area contributed by atoms with E-state index in [0.29, 0.717) is 12.0 Å². The molecule has 2 aliphatic rings. The van der Waals surface area contributed by atoms with Crippen molar-refractivity contribution in [3.05, 3.63) is 17.7 Å². The minimum atomic E-state index is 0.628. The molecule has 3 heteroatoms. The molecule has 88 valence electrons. The molecule has 1 saturated heterocycles. The third kappa shape index (κ3) is 1.67. The molecule has 0 spiro atoms. The Morgan fingerprint density at radius 3 is 2.94 bits per heavy atom. The molecule has 0 aliphatic carbocycles. The SMILES string of the molecule is CC1CCCc2cnc(C3CCOCC3)n21. The van der Waals surface area contributed by atoms with Gasteiger partial charge in [-0.15, -0.1) is 0 Å². The number of rotatable bonds is 1. The van der Waals surface area contributed by atoms with Crippen LogP contribution in [0.4, 0.5) is 0 Å². The lowest BCUT2D eigenvalue weighted by Gasteiger charge is -2.28. The van der Waals surface area contributed by atoms with E-state index < -0.39 is 0 Å². The average Bonchev–Trinajstić information content (AvgIpc) is 2.75. The van der Waals surface area contributed by atoms with Crippen LogP contribution in [0, 0.1) is 0 Å². The van der Waals surface area contributed by atoms with E-state index in [4.69, 9.17) is 4.74 Å². The fourth-order valence-corrected chi connectivity index (χ4v) is 3.07. The summed E-state index contributed by atoms with van der Waals surface area (Å²) in [4.78, 5) is 4.68. The molecule has 1 atom stereocenters. The second kappa shape index (κ2) is 4.21. The first kappa shape index (κ1) is 10.3. The zero-order valence-corrected chi connectivity index (χ0v) is 9.98. The van der Waals surface area contributed by atoms with Crippen molar-refractivity contribution < 1.29 is 4.74 Å². The van der Waals surface area contributed by atoms with Gasteiger partial charge in [-0.05, 0) is 39.0 Å². The number of hydrogen-bond donors (Lipinski definition) is 0. The number of nitrogens with zero attached hydrogens (tertiary/aromatic N) is 2. The number of aryl methyl sites for hydroxylation is 1. The summed E-state index contributed by atoms with van der Waals surface area (Å²) in [7, 11) is 0. The van der Waals surface area contributed by atoms with Gasteiger partial charge in [0.2, 0.25) is 0 Å². The molecule has 3 rings (SSSR count). The zero-order valence-electron chi connectivity index (χ0n) is 9.98. The molecule has 0 aromatic carbocycles. The summed E-state index contributed by atoms with van der Waals surface area (Å²) in [6, 6.07) is 0.643. The van der Waals surface area contributed by atoms with E-state index in [9.17, 15) is 0 Å². The molecule has 16 heavy (non-hydrogen) atoms. The lowest BCUT2D eigenvalue weighted by atomic mass is 9.97. The molecule has 1 unspecified atom stereocenters. The van der Waals surface area contributed by atoms with Crippen LogP contribution < -0.4 is 0 Å². The number of fused-ring (bicyclic) bond motifs is 1. The Kier molecular flexibility index (Phi) is 2.72. The van der Waals surface area contributed by atoms with Gasteiger partial charge in [-0.1, -0.05) is 0 Å². The first-order valence-corrected chi connectivity index (χ1v) is 6.50. The summed E-state index contributed by atoms with van der Waals surface area (Å²) in [6.45, 7) is 4.13. The third-order valence-electron chi connectivity index (χ3n) is 3.98. The van der Waals surface area contributed by atoms with Crippen molar-refractivity contribution in [3.63, 3.8) is 0 Å². The van der Waals surface area contributed by atoms with E-state index in [1.54, 1.807) is 0 Å². The van der Waals surface area contributed by atoms with E-state index in [0.717, 1.165) is 26.1 Å². The predicted molar refractivity (Wildman–Crippen MR) is 62.7 cm³/mol. The van der Waals surface area contributed by atoms with Gasteiger partial charge in [0.1, 0.15) is 5.82 Å². The highest BCUT2D eigenvalue weighted by Gasteiger charge is 2.26. The normalized spacial score (nSPS) is 26.7. The highest BCUT2D eigenvalue weighted by Crippen LogP contribution is 2.33. The summed E-state index contributed by atoms with van der Waals surface area (Å²) >= 11 is 0. The van der Waals surface area contributed by atoms with Crippen molar-refractivity contribution >= 4 is 0 Å². The van der Waals surface area contributed by atoms with Crippen molar-refractivity contribution in [3.8, 4) is 0 Å². The Morgan fingerprint density at radius 2 is 2.12 bits per heavy atom. The van der Waals surface area contributed by atoms with Crippen LogP contribution in [0.15, 0.2) is 6.20 Å². The second-order valence-corrected chi connectivity index (χ2v) is 5.11. The predicted octanol–water partition coefficient (Wildman–Crippen LogP) is 2.67. The van der Waals surface area contributed by atoms with Crippen LogP contribution in [-0.4, -0.2) is 22.8 Å². The highest BCUT2D eigenvalue weighted by atomic mass is 16.5. The number of imidazole rings is 1. The molecule has 0 amide bonds. The van der Waals surface area contributed by atoms with Crippen molar-refractivity contribution in [1.82, 2.24) is 9.55 Å². The molecule has 3 heterocycles. The van der Waals surface area contributed by atoms with E-state index in [2.05, 4.69) is 22.7 Å². The molecular formula is C13H20N2O. The molecule has 0 saturated carbocycles. The van der Waals surface area contributed by atoms with Gasteiger partial charge in [-0.2, -0.15) is 0 Å². The van der Waals surface area contributed by atoms with E-state index in [-0.39, 0.29) is 0 Å². The van der Waals surface area contributed by atoms with E-state index in [1.807, 2.05) is 0 Å². The maximum atomic E-state index is 5.43. The standard InChI is InChI=1S/C13H20N2O/c1-10-3-2-4-12-9-14-13(15(10)12)11-5-7-16-8-6-11/h9-11H,2-8H2,1H3. The molecule has 3 nitrogen and oxygen atoms in total. The summed E-state index contributed by atoms with van der Waals surface area (Å²) in [5, 5.41) is 0. The highest BCUT2D eigenvalue weighted by molar-refractivity contribution is 5.13. The summed E-state index contributed by atoms with van der Waals surface area (Å²) in [5.41, 5.74) is 1.44. The lowest BCUT2D eigenvalue weighted by molar-refractivity contribution is 0.0822. The van der Waals surface area contributed by atoms with E-state index >= 15 is 0 Å². The van der Waals surface area contributed by atoms with Gasteiger partial charge in [-0.3, -0.25) is 0 Å². The molecule has 2 aliphatic heterocycles. The second-order valence-electron chi connectivity index (χ2n) is 5.11. The summed E-state index contributed by atoms with van der Waals surface area (Å²) < 4.78 is 7.93. The van der Waals surface area contributed by atoms with Crippen LogP contribution in [0.5, 0.6) is 0 Å². The quantitative estimate of drug-likeness (QED) is 0.727. The van der Waals surface area contributed by atoms with Crippen LogP contribution in [0.1, 0.15) is 56.1 Å². The minimum absolute atomic E-state index is 0.628. The maximum Gasteiger partial charge on any atom is 0.112 e. The van der Waals surface area contributed by atoms with Crippen LogP contribution in [0.25, 0.3) is 0 Å². The van der Waals surface area contributed by atoms with Gasteiger partial charge >= 0.3 is 0 Å². The monoisotopic (exact) mass is 220 g/mol. The van der Waals surface area contributed by atoms with Crippen LogP contribution in [0.3, 0.4) is 0 Å². The fraction of sp³-hybridized carbons (Fsp3) is 0.769. The average molecular weight is 220 g/mol. The minimum Gasteiger partial charge on any atom is -0.381 e. The van der Waals surface area contributed by atoms with Crippen molar-refractivity contribution in [1.29, 1.82) is 0 Å². The Bertz CT molecular complexity index is 366. The van der Waals surface area contributed by atoms with Crippen molar-refractivity contribution in [2.45, 2.75) is 51.0 Å². The van der Waals surface area contributed by atoms with Gasteiger partial charge in [0, 0.05) is 37.1 Å².